The van der Waals surface area contributed by atoms with E-state index in [1.165, 1.54) is 18.2 Å². The van der Waals surface area contributed by atoms with Crippen molar-refractivity contribution in [3.8, 4) is 0 Å². The number of carbonyl (C=O) groups excluding carboxylic acids is 3. The van der Waals surface area contributed by atoms with E-state index in [0.717, 1.165) is 22.0 Å². The highest BCUT2D eigenvalue weighted by molar-refractivity contribution is 6.16. The van der Waals surface area contributed by atoms with Crippen molar-refractivity contribution in [2.45, 2.75) is 19.4 Å². The number of fused-ring (bicyclic) bond motifs is 1. The van der Waals surface area contributed by atoms with Crippen LogP contribution in [-0.2, 0) is 16.0 Å². The molecule has 0 spiro atoms. The second-order valence-electron chi connectivity index (χ2n) is 8.96. The van der Waals surface area contributed by atoms with Crippen LogP contribution in [0.5, 0.6) is 0 Å². The molecule has 2 N–H and O–H groups in total. The summed E-state index contributed by atoms with van der Waals surface area (Å²) in [5.74, 6) is -2.17. The molecule has 0 fully saturated rings. The molecule has 8 heteroatoms. The van der Waals surface area contributed by atoms with Crippen LogP contribution in [0.15, 0.2) is 84.5 Å². The van der Waals surface area contributed by atoms with Crippen LogP contribution in [0.4, 0.5) is 0 Å². The number of aliphatic hydroxyl groups is 1. The highest BCUT2D eigenvalue weighted by Gasteiger charge is 2.43. The number of aryl methyl sites for hydroxylation is 1. The first-order valence-electron chi connectivity index (χ1n) is 11.8. The molecular weight excluding hydrogens is 470 g/mol. The van der Waals surface area contributed by atoms with Crippen molar-refractivity contribution in [2.24, 2.45) is 0 Å². The number of aromatic amines is 1. The Hall–Kier alpha value is -4.72. The molecule has 37 heavy (non-hydrogen) atoms. The normalized spacial score (nSPS) is 15.5. The Morgan fingerprint density at radius 3 is 2.59 bits per heavy atom. The second-order valence-corrected chi connectivity index (χ2v) is 8.96. The van der Waals surface area contributed by atoms with Crippen molar-refractivity contribution in [1.29, 1.82) is 0 Å². The summed E-state index contributed by atoms with van der Waals surface area (Å²) < 4.78 is 4.78. The third-order valence-electron chi connectivity index (χ3n) is 6.66. The summed E-state index contributed by atoms with van der Waals surface area (Å²) in [5.41, 5.74) is 4.34. The van der Waals surface area contributed by atoms with Gasteiger partial charge in [-0.25, -0.2) is 4.79 Å². The topological polar surface area (TPSA) is 113 Å². The van der Waals surface area contributed by atoms with E-state index in [9.17, 15) is 19.5 Å². The molecule has 8 nitrogen and oxygen atoms in total. The first-order chi connectivity index (χ1) is 17.9. The van der Waals surface area contributed by atoms with Crippen LogP contribution in [-0.4, -0.2) is 51.3 Å². The van der Waals surface area contributed by atoms with Gasteiger partial charge in [0.05, 0.1) is 24.3 Å². The fourth-order valence-electron chi connectivity index (χ4n) is 4.78. The van der Waals surface area contributed by atoms with E-state index in [1.807, 2.05) is 25.3 Å². The van der Waals surface area contributed by atoms with E-state index in [1.54, 1.807) is 42.6 Å². The van der Waals surface area contributed by atoms with Crippen LogP contribution in [0.1, 0.15) is 43.4 Å². The molecular formula is C29H25N3O5. The molecule has 3 heterocycles. The number of H-pyrrole nitrogens is 1. The molecule has 5 rings (SSSR count). The quantitative estimate of drug-likeness (QED) is 0.289. The Kier molecular flexibility index (Phi) is 6.31. The Morgan fingerprint density at radius 2 is 1.89 bits per heavy atom. The molecule has 0 radical (unpaired) electrons. The summed E-state index contributed by atoms with van der Waals surface area (Å²) in [6, 6.07) is 15.0. The van der Waals surface area contributed by atoms with Crippen molar-refractivity contribution in [2.75, 3.05) is 13.7 Å². The Labute approximate surface area is 213 Å². The van der Waals surface area contributed by atoms with Crippen molar-refractivity contribution >= 4 is 28.6 Å². The van der Waals surface area contributed by atoms with Crippen LogP contribution in [0.2, 0.25) is 0 Å². The molecule has 0 saturated heterocycles. The fraction of sp³-hybridized carbons (Fsp3) is 0.172. The summed E-state index contributed by atoms with van der Waals surface area (Å²) >= 11 is 0. The van der Waals surface area contributed by atoms with Crippen LogP contribution in [0.25, 0.3) is 10.9 Å². The standard InChI is InChI=1S/C29H25N3O5/c1-17-5-10-22-20(16-31-23(22)14-17)11-13-32-25(18-6-8-19(9-7-18)29(36)37-2)24(27(34)28(32)35)26(33)21-4-3-12-30-15-21/h3-10,12,14-16,25,31,34H,11,13H2,1-2H3. The average Bonchev–Trinajstić information content (AvgIpc) is 3.44. The lowest BCUT2D eigenvalue weighted by molar-refractivity contribution is -0.129. The van der Waals surface area contributed by atoms with Gasteiger partial charge in [0.2, 0.25) is 0 Å². The third-order valence-corrected chi connectivity index (χ3v) is 6.66. The Bertz CT molecular complexity index is 1540. The van der Waals surface area contributed by atoms with E-state index in [0.29, 0.717) is 17.5 Å². The van der Waals surface area contributed by atoms with Gasteiger partial charge >= 0.3 is 5.97 Å². The number of nitrogens with one attached hydrogen (secondary N) is 1. The number of nitrogens with zero attached hydrogens (tertiary/aromatic N) is 2. The summed E-state index contributed by atoms with van der Waals surface area (Å²) in [6.45, 7) is 2.28. The fourth-order valence-corrected chi connectivity index (χ4v) is 4.78. The number of benzene rings is 2. The molecule has 1 aliphatic heterocycles. The number of aromatic nitrogens is 2. The number of rotatable bonds is 7. The molecule has 0 saturated carbocycles. The molecule has 0 aliphatic carbocycles. The lowest BCUT2D eigenvalue weighted by Crippen LogP contribution is -2.33. The van der Waals surface area contributed by atoms with Crippen molar-refractivity contribution in [3.63, 3.8) is 0 Å². The van der Waals surface area contributed by atoms with Gasteiger partial charge in [0.15, 0.2) is 11.5 Å². The van der Waals surface area contributed by atoms with Crippen LogP contribution < -0.4 is 0 Å². The van der Waals surface area contributed by atoms with Gasteiger partial charge < -0.3 is 19.7 Å². The highest BCUT2D eigenvalue weighted by atomic mass is 16.5. The number of amides is 1. The van der Waals surface area contributed by atoms with Gasteiger partial charge in [0, 0.05) is 41.6 Å². The van der Waals surface area contributed by atoms with Crippen molar-refractivity contribution < 1.29 is 24.2 Å². The SMILES string of the molecule is COC(=O)c1ccc(C2C(C(=O)c3cccnc3)=C(O)C(=O)N2CCc2c[nH]c3cc(C)ccc23)cc1. The molecule has 2 aromatic heterocycles. The summed E-state index contributed by atoms with van der Waals surface area (Å²) in [5, 5.41) is 12.0. The molecule has 1 amide bonds. The van der Waals surface area contributed by atoms with Gasteiger partial charge in [0.25, 0.3) is 5.91 Å². The molecule has 1 unspecified atom stereocenters. The molecule has 1 atom stereocenters. The first kappa shape index (κ1) is 24.0. The molecule has 186 valence electrons. The maximum absolute atomic E-state index is 13.5. The van der Waals surface area contributed by atoms with Crippen molar-refractivity contribution in [3.05, 3.63) is 112 Å². The number of hydrogen-bond acceptors (Lipinski definition) is 6. The van der Waals surface area contributed by atoms with E-state index in [-0.39, 0.29) is 17.7 Å². The first-order valence-corrected chi connectivity index (χ1v) is 11.8. The average molecular weight is 496 g/mol. The van der Waals surface area contributed by atoms with Gasteiger partial charge in [-0.3, -0.25) is 14.6 Å². The highest BCUT2D eigenvalue weighted by Crippen LogP contribution is 2.39. The second kappa shape index (κ2) is 9.73. The minimum absolute atomic E-state index is 0.0154. The van der Waals surface area contributed by atoms with Gasteiger partial charge in [-0.15, -0.1) is 0 Å². The third kappa shape index (κ3) is 4.38. The predicted octanol–water partition coefficient (Wildman–Crippen LogP) is 4.48. The molecule has 0 bridgehead atoms. The molecule has 4 aromatic rings. The summed E-state index contributed by atoms with van der Waals surface area (Å²) in [6.07, 6.45) is 5.37. The number of carbonyl (C=O) groups is 3. The van der Waals surface area contributed by atoms with Gasteiger partial charge in [0.1, 0.15) is 0 Å². The van der Waals surface area contributed by atoms with E-state index < -0.39 is 29.5 Å². The summed E-state index contributed by atoms with van der Waals surface area (Å²) in [4.78, 5) is 47.5. The Morgan fingerprint density at radius 1 is 1.11 bits per heavy atom. The number of hydrogen-bond donors (Lipinski definition) is 2. The zero-order chi connectivity index (χ0) is 26.1. The Balaban J connectivity index is 1.51. The van der Waals surface area contributed by atoms with Crippen LogP contribution in [0.3, 0.4) is 0 Å². The largest absolute Gasteiger partial charge is 0.503 e. The number of methoxy groups -OCH3 is 1. The predicted molar refractivity (Wildman–Crippen MR) is 137 cm³/mol. The smallest absolute Gasteiger partial charge is 0.337 e. The minimum Gasteiger partial charge on any atom is -0.503 e. The number of aliphatic hydroxyl groups excluding tert-OH is 1. The van der Waals surface area contributed by atoms with E-state index >= 15 is 0 Å². The molecule has 1 aliphatic rings. The number of ketones is 1. The van der Waals surface area contributed by atoms with Gasteiger partial charge in [-0.05, 0) is 60.4 Å². The lowest BCUT2D eigenvalue weighted by Gasteiger charge is -2.27. The van der Waals surface area contributed by atoms with E-state index in [4.69, 9.17) is 4.74 Å². The van der Waals surface area contributed by atoms with Gasteiger partial charge in [-0.2, -0.15) is 0 Å². The zero-order valence-corrected chi connectivity index (χ0v) is 20.4. The maximum atomic E-state index is 13.5. The minimum atomic E-state index is -0.834. The summed E-state index contributed by atoms with van der Waals surface area (Å²) in [7, 11) is 1.30. The van der Waals surface area contributed by atoms with E-state index in [2.05, 4.69) is 16.0 Å². The van der Waals surface area contributed by atoms with Crippen LogP contribution in [0, 0.1) is 6.92 Å². The maximum Gasteiger partial charge on any atom is 0.337 e. The zero-order valence-electron chi connectivity index (χ0n) is 20.4. The molecule has 2 aromatic carbocycles. The lowest BCUT2D eigenvalue weighted by atomic mass is 9.92. The number of ether oxygens (including phenoxy) is 1. The van der Waals surface area contributed by atoms with Crippen LogP contribution >= 0.6 is 0 Å². The van der Waals surface area contributed by atoms with Crippen molar-refractivity contribution in [1.82, 2.24) is 14.9 Å². The number of pyridine rings is 1. The monoisotopic (exact) mass is 495 g/mol. The number of esters is 1. The number of Topliss-reactive ketones (excluding diaryl/α,β-unsaturated/α-hetero) is 1. The van der Waals surface area contributed by atoms with Gasteiger partial charge in [-0.1, -0.05) is 24.3 Å².